The second-order valence-electron chi connectivity index (χ2n) is 6.11. The fourth-order valence-electron chi connectivity index (χ4n) is 2.52. The summed E-state index contributed by atoms with van der Waals surface area (Å²) in [6.45, 7) is 3.75. The first-order valence-electron chi connectivity index (χ1n) is 8.09. The Bertz CT molecular complexity index is 623. The van der Waals surface area contributed by atoms with E-state index in [1.54, 1.807) is 7.11 Å². The standard InChI is InChI=1S/C20H27NO2/c1-16-8-5-6-10-18(16)15-23-20-14-17(9-7-13-21(2)3)11-12-19(20)22-4/h5-6,8,10-12,14H,7,9,13,15H2,1-4H3. The van der Waals surface area contributed by atoms with E-state index in [0.717, 1.165) is 30.9 Å². The van der Waals surface area contributed by atoms with Crippen LogP contribution >= 0.6 is 0 Å². The molecule has 3 heteroatoms. The van der Waals surface area contributed by atoms with Crippen molar-refractivity contribution in [2.24, 2.45) is 0 Å². The first kappa shape index (κ1) is 17.4. The molecule has 0 aromatic heterocycles. The first-order chi connectivity index (χ1) is 11.1. The highest BCUT2D eigenvalue weighted by Gasteiger charge is 2.07. The molecule has 0 aliphatic heterocycles. The van der Waals surface area contributed by atoms with E-state index in [0.29, 0.717) is 6.61 Å². The number of hydrogen-bond acceptors (Lipinski definition) is 3. The van der Waals surface area contributed by atoms with E-state index < -0.39 is 0 Å². The maximum absolute atomic E-state index is 6.03. The summed E-state index contributed by atoms with van der Waals surface area (Å²) >= 11 is 0. The molecule has 0 N–H and O–H groups in total. The van der Waals surface area contributed by atoms with Gasteiger partial charge in [-0.1, -0.05) is 30.3 Å². The van der Waals surface area contributed by atoms with Crippen molar-refractivity contribution in [3.63, 3.8) is 0 Å². The van der Waals surface area contributed by atoms with Gasteiger partial charge in [0.1, 0.15) is 6.61 Å². The van der Waals surface area contributed by atoms with Crippen molar-refractivity contribution in [3.05, 3.63) is 59.2 Å². The van der Waals surface area contributed by atoms with Gasteiger partial charge < -0.3 is 14.4 Å². The van der Waals surface area contributed by atoms with Gasteiger partial charge in [0.15, 0.2) is 11.5 Å². The number of hydrogen-bond donors (Lipinski definition) is 0. The highest BCUT2D eigenvalue weighted by Crippen LogP contribution is 2.29. The molecule has 2 aromatic rings. The number of aryl methyl sites for hydroxylation is 2. The van der Waals surface area contributed by atoms with Crippen LogP contribution < -0.4 is 9.47 Å². The number of benzene rings is 2. The van der Waals surface area contributed by atoms with Crippen LogP contribution in [0.15, 0.2) is 42.5 Å². The third-order valence-electron chi connectivity index (χ3n) is 3.94. The van der Waals surface area contributed by atoms with Crippen molar-refractivity contribution in [1.29, 1.82) is 0 Å². The number of methoxy groups -OCH3 is 1. The van der Waals surface area contributed by atoms with Crippen LogP contribution in [0.4, 0.5) is 0 Å². The van der Waals surface area contributed by atoms with E-state index >= 15 is 0 Å². The van der Waals surface area contributed by atoms with Crippen LogP contribution in [-0.2, 0) is 13.0 Å². The number of nitrogens with zero attached hydrogens (tertiary/aromatic N) is 1. The molecular formula is C20H27NO2. The molecule has 0 aliphatic rings. The van der Waals surface area contributed by atoms with E-state index in [2.05, 4.69) is 50.2 Å². The topological polar surface area (TPSA) is 21.7 Å². The summed E-state index contributed by atoms with van der Waals surface area (Å²) in [6, 6.07) is 14.5. The highest BCUT2D eigenvalue weighted by atomic mass is 16.5. The normalized spacial score (nSPS) is 10.8. The fourth-order valence-corrected chi connectivity index (χ4v) is 2.52. The van der Waals surface area contributed by atoms with E-state index in [4.69, 9.17) is 9.47 Å². The van der Waals surface area contributed by atoms with Crippen LogP contribution in [0.2, 0.25) is 0 Å². The van der Waals surface area contributed by atoms with Crippen molar-refractivity contribution < 1.29 is 9.47 Å². The molecule has 3 nitrogen and oxygen atoms in total. The third-order valence-corrected chi connectivity index (χ3v) is 3.94. The Balaban J connectivity index is 2.05. The molecule has 0 spiro atoms. The largest absolute Gasteiger partial charge is 0.493 e. The van der Waals surface area contributed by atoms with Crippen LogP contribution in [0, 0.1) is 6.92 Å². The molecule has 0 unspecified atom stereocenters. The lowest BCUT2D eigenvalue weighted by Crippen LogP contribution is -2.13. The molecule has 23 heavy (non-hydrogen) atoms. The van der Waals surface area contributed by atoms with E-state index in [1.807, 2.05) is 18.2 Å². The predicted octanol–water partition coefficient (Wildman–Crippen LogP) is 4.08. The van der Waals surface area contributed by atoms with Crippen LogP contribution in [0.3, 0.4) is 0 Å². The molecule has 0 bridgehead atoms. The molecule has 0 amide bonds. The van der Waals surface area contributed by atoms with Gasteiger partial charge >= 0.3 is 0 Å². The molecule has 0 aliphatic carbocycles. The van der Waals surface area contributed by atoms with Crippen molar-refractivity contribution >= 4 is 0 Å². The Kier molecular flexibility index (Phi) is 6.48. The Morgan fingerprint density at radius 1 is 1.00 bits per heavy atom. The SMILES string of the molecule is COc1ccc(CCCN(C)C)cc1OCc1ccccc1C. The van der Waals surface area contributed by atoms with Gasteiger partial charge in [-0.3, -0.25) is 0 Å². The zero-order valence-electron chi connectivity index (χ0n) is 14.6. The maximum Gasteiger partial charge on any atom is 0.161 e. The summed E-state index contributed by atoms with van der Waals surface area (Å²) < 4.78 is 11.5. The minimum Gasteiger partial charge on any atom is -0.493 e. The minimum atomic E-state index is 0.560. The number of ether oxygens (including phenoxy) is 2. The molecule has 0 heterocycles. The summed E-state index contributed by atoms with van der Waals surface area (Å²) in [5.41, 5.74) is 3.73. The van der Waals surface area contributed by atoms with Crippen molar-refractivity contribution in [2.45, 2.75) is 26.4 Å². The second kappa shape index (κ2) is 8.59. The van der Waals surface area contributed by atoms with Gasteiger partial charge in [0.25, 0.3) is 0 Å². The van der Waals surface area contributed by atoms with Crippen LogP contribution in [-0.4, -0.2) is 32.6 Å². The molecule has 0 saturated carbocycles. The first-order valence-corrected chi connectivity index (χ1v) is 8.09. The van der Waals surface area contributed by atoms with Crippen LogP contribution in [0.5, 0.6) is 11.5 Å². The van der Waals surface area contributed by atoms with Gasteiger partial charge in [-0.05, 0) is 69.2 Å². The van der Waals surface area contributed by atoms with E-state index in [1.165, 1.54) is 16.7 Å². The summed E-state index contributed by atoms with van der Waals surface area (Å²) in [7, 11) is 5.89. The lowest BCUT2D eigenvalue weighted by atomic mass is 10.1. The van der Waals surface area contributed by atoms with Crippen molar-refractivity contribution in [2.75, 3.05) is 27.7 Å². The lowest BCUT2D eigenvalue weighted by molar-refractivity contribution is 0.283. The van der Waals surface area contributed by atoms with Crippen LogP contribution in [0.25, 0.3) is 0 Å². The fraction of sp³-hybridized carbons (Fsp3) is 0.400. The smallest absolute Gasteiger partial charge is 0.161 e. The van der Waals surface area contributed by atoms with Crippen molar-refractivity contribution in [3.8, 4) is 11.5 Å². The molecule has 2 aromatic carbocycles. The zero-order chi connectivity index (χ0) is 16.7. The Labute approximate surface area is 139 Å². The lowest BCUT2D eigenvalue weighted by Gasteiger charge is -2.14. The minimum absolute atomic E-state index is 0.560. The monoisotopic (exact) mass is 313 g/mol. The molecule has 0 radical (unpaired) electrons. The van der Waals surface area contributed by atoms with Gasteiger partial charge in [-0.25, -0.2) is 0 Å². The summed E-state index contributed by atoms with van der Waals surface area (Å²) in [5.74, 6) is 1.60. The third kappa shape index (κ3) is 5.29. The maximum atomic E-state index is 6.03. The van der Waals surface area contributed by atoms with E-state index in [-0.39, 0.29) is 0 Å². The molecular weight excluding hydrogens is 286 g/mol. The zero-order valence-corrected chi connectivity index (χ0v) is 14.6. The van der Waals surface area contributed by atoms with Gasteiger partial charge in [-0.2, -0.15) is 0 Å². The molecule has 0 atom stereocenters. The summed E-state index contributed by atoms with van der Waals surface area (Å²) in [6.07, 6.45) is 2.18. The molecule has 0 fully saturated rings. The molecule has 0 saturated heterocycles. The predicted molar refractivity (Wildman–Crippen MR) is 95.4 cm³/mol. The van der Waals surface area contributed by atoms with Crippen LogP contribution in [0.1, 0.15) is 23.1 Å². The molecule has 124 valence electrons. The Hall–Kier alpha value is -2.00. The second-order valence-corrected chi connectivity index (χ2v) is 6.11. The van der Waals surface area contributed by atoms with Gasteiger partial charge in [-0.15, -0.1) is 0 Å². The molecule has 2 rings (SSSR count). The Morgan fingerprint density at radius 3 is 2.48 bits per heavy atom. The quantitative estimate of drug-likeness (QED) is 0.733. The highest BCUT2D eigenvalue weighted by molar-refractivity contribution is 5.43. The average molecular weight is 313 g/mol. The Morgan fingerprint density at radius 2 is 1.78 bits per heavy atom. The van der Waals surface area contributed by atoms with Gasteiger partial charge in [0, 0.05) is 0 Å². The average Bonchev–Trinajstić information content (AvgIpc) is 2.54. The van der Waals surface area contributed by atoms with Crippen molar-refractivity contribution in [1.82, 2.24) is 4.90 Å². The number of rotatable bonds is 8. The van der Waals surface area contributed by atoms with E-state index in [9.17, 15) is 0 Å². The summed E-state index contributed by atoms with van der Waals surface area (Å²) in [5, 5.41) is 0. The van der Waals surface area contributed by atoms with Gasteiger partial charge in [0.05, 0.1) is 7.11 Å². The van der Waals surface area contributed by atoms with Gasteiger partial charge in [0.2, 0.25) is 0 Å². The summed E-state index contributed by atoms with van der Waals surface area (Å²) in [4.78, 5) is 2.21.